The maximum absolute atomic E-state index is 13.2. The van der Waals surface area contributed by atoms with Crippen molar-refractivity contribution in [1.29, 1.82) is 0 Å². The zero-order valence-corrected chi connectivity index (χ0v) is 17.3. The number of hydrogen-bond donors (Lipinski definition) is 2. The summed E-state index contributed by atoms with van der Waals surface area (Å²) in [5.74, 6) is -1.33. The Hall–Kier alpha value is -3.01. The Balaban J connectivity index is 1.58. The normalized spacial score (nSPS) is 24.7. The zero-order chi connectivity index (χ0) is 21.5. The summed E-state index contributed by atoms with van der Waals surface area (Å²) in [5, 5.41) is 5.12. The van der Waals surface area contributed by atoms with Gasteiger partial charge in [-0.05, 0) is 26.0 Å². The van der Waals surface area contributed by atoms with Crippen LogP contribution in [0.1, 0.15) is 26.7 Å². The zero-order valence-electron chi connectivity index (χ0n) is 16.5. The van der Waals surface area contributed by atoms with Crippen molar-refractivity contribution in [3.63, 3.8) is 0 Å². The van der Waals surface area contributed by atoms with Crippen molar-refractivity contribution in [3.05, 3.63) is 35.5 Å². The van der Waals surface area contributed by atoms with E-state index in [-0.39, 0.29) is 36.8 Å². The lowest BCUT2D eigenvalue weighted by Gasteiger charge is -2.30. The van der Waals surface area contributed by atoms with E-state index >= 15 is 0 Å². The summed E-state index contributed by atoms with van der Waals surface area (Å²) >= 11 is 1.29. The summed E-state index contributed by atoms with van der Waals surface area (Å²) in [5.41, 5.74) is 1.06. The Morgan fingerprint density at radius 1 is 1.27 bits per heavy atom. The molecule has 0 bridgehead atoms. The van der Waals surface area contributed by atoms with Crippen molar-refractivity contribution < 1.29 is 28.7 Å². The molecule has 0 spiro atoms. The van der Waals surface area contributed by atoms with E-state index in [1.165, 1.54) is 16.7 Å². The summed E-state index contributed by atoms with van der Waals surface area (Å²) in [6, 6.07) is 6.22. The number of nitrogens with zero attached hydrogens (tertiary/aromatic N) is 1. The fourth-order valence-electron chi connectivity index (χ4n) is 3.92. The number of fused-ring (bicyclic) bond motifs is 3. The second kappa shape index (κ2) is 7.67. The molecule has 1 aromatic rings. The van der Waals surface area contributed by atoms with Crippen molar-refractivity contribution in [3.8, 4) is 0 Å². The van der Waals surface area contributed by atoms with Crippen molar-refractivity contribution in [2.24, 2.45) is 0 Å². The minimum Gasteiger partial charge on any atom is -0.463 e. The van der Waals surface area contributed by atoms with E-state index in [9.17, 15) is 19.2 Å². The van der Waals surface area contributed by atoms with Crippen molar-refractivity contribution >= 4 is 41.3 Å². The van der Waals surface area contributed by atoms with Crippen LogP contribution in [0.4, 0.5) is 10.5 Å². The molecule has 0 aromatic heterocycles. The lowest BCUT2D eigenvalue weighted by atomic mass is 10.0. The molecule has 158 valence electrons. The highest BCUT2D eigenvalue weighted by atomic mass is 32.2. The SMILES string of the molecule is CCOC(=O)C1=C(COC(=O)[C@]23CCC(=O)N2c2ccccc2S3)NC(=O)N[C@H]1C. The Kier molecular flexibility index (Phi) is 5.19. The summed E-state index contributed by atoms with van der Waals surface area (Å²) in [6.45, 7) is 3.18. The van der Waals surface area contributed by atoms with Gasteiger partial charge in [0.25, 0.3) is 0 Å². The van der Waals surface area contributed by atoms with Gasteiger partial charge in [-0.15, -0.1) is 0 Å². The van der Waals surface area contributed by atoms with Crippen LogP contribution in [-0.4, -0.2) is 48.0 Å². The minimum atomic E-state index is -1.17. The molecule has 3 aliphatic rings. The number of thioether (sulfide) groups is 1. The van der Waals surface area contributed by atoms with Crippen molar-refractivity contribution in [2.75, 3.05) is 18.1 Å². The van der Waals surface area contributed by atoms with E-state index in [1.807, 2.05) is 18.2 Å². The van der Waals surface area contributed by atoms with Gasteiger partial charge in [0.05, 0.1) is 29.6 Å². The number of benzene rings is 1. The quantitative estimate of drug-likeness (QED) is 0.682. The second-order valence-corrected chi connectivity index (χ2v) is 8.41. The van der Waals surface area contributed by atoms with Crippen LogP contribution < -0.4 is 15.5 Å². The van der Waals surface area contributed by atoms with Crippen LogP contribution in [0.2, 0.25) is 0 Å². The maximum Gasteiger partial charge on any atom is 0.343 e. The second-order valence-electron chi connectivity index (χ2n) is 7.09. The topological polar surface area (TPSA) is 114 Å². The van der Waals surface area contributed by atoms with Gasteiger partial charge in [-0.2, -0.15) is 0 Å². The predicted octanol–water partition coefficient (Wildman–Crippen LogP) is 1.68. The number of urea groups is 1. The molecule has 0 aliphatic carbocycles. The van der Waals surface area contributed by atoms with Crippen LogP contribution in [0.3, 0.4) is 0 Å². The molecule has 1 aromatic carbocycles. The molecule has 0 unspecified atom stereocenters. The highest BCUT2D eigenvalue weighted by Crippen LogP contribution is 2.56. The molecule has 30 heavy (non-hydrogen) atoms. The van der Waals surface area contributed by atoms with Crippen molar-refractivity contribution in [1.82, 2.24) is 10.6 Å². The lowest BCUT2D eigenvalue weighted by Crippen LogP contribution is -2.51. The smallest absolute Gasteiger partial charge is 0.343 e. The highest BCUT2D eigenvalue weighted by Gasteiger charge is 2.58. The molecule has 2 N–H and O–H groups in total. The number of ether oxygens (including phenoxy) is 2. The van der Waals surface area contributed by atoms with E-state index < -0.39 is 28.9 Å². The molecule has 10 heteroatoms. The average molecular weight is 431 g/mol. The van der Waals surface area contributed by atoms with Gasteiger partial charge in [0.15, 0.2) is 4.87 Å². The summed E-state index contributed by atoms with van der Waals surface area (Å²) in [4.78, 5) is 51.0. The summed E-state index contributed by atoms with van der Waals surface area (Å²) < 4.78 is 10.6. The number of esters is 2. The number of nitrogens with one attached hydrogen (secondary N) is 2. The highest BCUT2D eigenvalue weighted by molar-refractivity contribution is 8.02. The van der Waals surface area contributed by atoms with Crippen LogP contribution in [0.25, 0.3) is 0 Å². The molecule has 9 nitrogen and oxygen atoms in total. The van der Waals surface area contributed by atoms with E-state index in [4.69, 9.17) is 9.47 Å². The van der Waals surface area contributed by atoms with Gasteiger partial charge in [-0.1, -0.05) is 23.9 Å². The first-order valence-electron chi connectivity index (χ1n) is 9.63. The van der Waals surface area contributed by atoms with Crippen LogP contribution in [-0.2, 0) is 23.9 Å². The van der Waals surface area contributed by atoms with Gasteiger partial charge in [0, 0.05) is 17.7 Å². The number of hydrogen-bond acceptors (Lipinski definition) is 7. The molecule has 2 atom stereocenters. The Morgan fingerprint density at radius 3 is 2.80 bits per heavy atom. The predicted molar refractivity (Wildman–Crippen MR) is 107 cm³/mol. The first-order chi connectivity index (χ1) is 14.4. The Morgan fingerprint density at radius 2 is 2.03 bits per heavy atom. The first-order valence-corrected chi connectivity index (χ1v) is 10.4. The van der Waals surface area contributed by atoms with Gasteiger partial charge in [0.1, 0.15) is 6.61 Å². The Bertz CT molecular complexity index is 977. The number of para-hydroxylation sites is 1. The third-order valence-electron chi connectivity index (χ3n) is 5.21. The standard InChI is InChI=1S/C20H21N3O6S/c1-3-28-17(25)16-11(2)21-19(27)22-12(16)10-29-18(26)20-9-8-15(24)23(20)13-6-4-5-7-14(13)30-20/h4-7,11H,3,8-10H2,1-2H3,(H2,21,22,27)/t11-,20+/m0/s1. The van der Waals surface area contributed by atoms with E-state index in [2.05, 4.69) is 10.6 Å². The molecule has 3 aliphatic heterocycles. The largest absolute Gasteiger partial charge is 0.463 e. The molecular formula is C20H21N3O6S. The molecule has 3 amide bonds. The number of carbonyl (C=O) groups excluding carboxylic acids is 4. The van der Waals surface area contributed by atoms with Gasteiger partial charge < -0.3 is 20.1 Å². The molecule has 4 rings (SSSR count). The van der Waals surface area contributed by atoms with Crippen LogP contribution >= 0.6 is 11.8 Å². The van der Waals surface area contributed by atoms with Gasteiger partial charge >= 0.3 is 18.0 Å². The van der Waals surface area contributed by atoms with Crippen LogP contribution in [0.15, 0.2) is 40.4 Å². The van der Waals surface area contributed by atoms with Gasteiger partial charge in [0.2, 0.25) is 5.91 Å². The van der Waals surface area contributed by atoms with E-state index in [0.29, 0.717) is 12.1 Å². The third kappa shape index (κ3) is 3.20. The molecule has 0 radical (unpaired) electrons. The summed E-state index contributed by atoms with van der Waals surface area (Å²) in [7, 11) is 0. The molecule has 1 saturated heterocycles. The first kappa shape index (κ1) is 20.3. The fourth-order valence-corrected chi connectivity index (χ4v) is 5.33. The van der Waals surface area contributed by atoms with Gasteiger partial charge in [-0.3, -0.25) is 9.69 Å². The van der Waals surface area contributed by atoms with E-state index in [0.717, 1.165) is 4.90 Å². The monoisotopic (exact) mass is 431 g/mol. The lowest BCUT2D eigenvalue weighted by molar-refractivity contribution is -0.146. The molecule has 0 saturated carbocycles. The third-order valence-corrected chi connectivity index (χ3v) is 6.66. The molecular weight excluding hydrogens is 410 g/mol. The van der Waals surface area contributed by atoms with Gasteiger partial charge in [-0.25, -0.2) is 14.4 Å². The van der Waals surface area contributed by atoms with Crippen molar-refractivity contribution in [2.45, 2.75) is 42.5 Å². The fraction of sp³-hybridized carbons (Fsp3) is 0.400. The minimum absolute atomic E-state index is 0.139. The number of rotatable bonds is 5. The van der Waals surface area contributed by atoms with Crippen LogP contribution in [0, 0.1) is 0 Å². The maximum atomic E-state index is 13.2. The van der Waals surface area contributed by atoms with E-state index in [1.54, 1.807) is 19.9 Å². The van der Waals surface area contributed by atoms with Crippen LogP contribution in [0.5, 0.6) is 0 Å². The summed E-state index contributed by atoms with van der Waals surface area (Å²) in [6.07, 6.45) is 0.559. The average Bonchev–Trinajstić information content (AvgIpc) is 3.21. The molecule has 3 heterocycles. The Labute approximate surface area is 177 Å². The number of amides is 3. The number of carbonyl (C=O) groups is 4. The molecule has 1 fully saturated rings. The number of anilines is 1.